The van der Waals surface area contributed by atoms with E-state index in [0.717, 1.165) is 37.6 Å². The fraction of sp³-hybridized carbons (Fsp3) is 0.550. The van der Waals surface area contributed by atoms with Crippen molar-refractivity contribution < 1.29 is 9.32 Å². The molecule has 0 aromatic carbocycles. The fourth-order valence-electron chi connectivity index (χ4n) is 3.66. The Labute approximate surface area is 160 Å². The fourth-order valence-corrected chi connectivity index (χ4v) is 3.66. The van der Waals surface area contributed by atoms with Gasteiger partial charge in [-0.3, -0.25) is 9.69 Å². The Bertz CT molecular complexity index is 729. The molecule has 2 aromatic rings. The van der Waals surface area contributed by atoms with Crippen LogP contribution in [0.4, 0.5) is 5.82 Å². The summed E-state index contributed by atoms with van der Waals surface area (Å²) in [5.74, 6) is 0.862. The van der Waals surface area contributed by atoms with Gasteiger partial charge in [0.25, 0.3) is 5.91 Å². The Balaban J connectivity index is 1.63. The summed E-state index contributed by atoms with van der Waals surface area (Å²) >= 11 is 0. The number of nitrogens with zero attached hydrogens (tertiary/aromatic N) is 5. The van der Waals surface area contributed by atoms with Gasteiger partial charge in [0.2, 0.25) is 0 Å². The third-order valence-corrected chi connectivity index (χ3v) is 5.23. The minimum Gasteiger partial charge on any atom is -0.364 e. The Hall–Kier alpha value is -2.41. The average molecular weight is 371 g/mol. The molecular weight excluding hydrogens is 342 g/mol. The van der Waals surface area contributed by atoms with Gasteiger partial charge in [0.05, 0.1) is 12.1 Å². The van der Waals surface area contributed by atoms with Crippen LogP contribution < -0.4 is 4.90 Å². The van der Waals surface area contributed by atoms with Crippen molar-refractivity contribution in [3.05, 3.63) is 41.9 Å². The molecule has 0 radical (unpaired) electrons. The van der Waals surface area contributed by atoms with Crippen molar-refractivity contribution >= 4 is 11.7 Å². The highest BCUT2D eigenvalue weighted by Gasteiger charge is 2.30. The number of aromatic nitrogens is 2. The Morgan fingerprint density at radius 1 is 1.33 bits per heavy atom. The van der Waals surface area contributed by atoms with Crippen molar-refractivity contribution in [1.82, 2.24) is 19.9 Å². The van der Waals surface area contributed by atoms with E-state index in [4.69, 9.17) is 4.52 Å². The first-order valence-corrected chi connectivity index (χ1v) is 9.61. The summed E-state index contributed by atoms with van der Waals surface area (Å²) < 4.78 is 4.86. The van der Waals surface area contributed by atoms with E-state index in [-0.39, 0.29) is 5.91 Å². The van der Waals surface area contributed by atoms with E-state index in [2.05, 4.69) is 35.8 Å². The Morgan fingerprint density at radius 2 is 2.15 bits per heavy atom. The number of pyridine rings is 1. The zero-order chi connectivity index (χ0) is 19.4. The SMILES string of the molecule is CCC1CN(C(=O)c2ccc(N(C)Cc3ccon3)nc2)CCN1C(C)C. The van der Waals surface area contributed by atoms with Gasteiger partial charge in [-0.1, -0.05) is 12.1 Å². The average Bonchev–Trinajstić information content (AvgIpc) is 3.19. The molecule has 3 rings (SSSR count). The van der Waals surface area contributed by atoms with Crippen LogP contribution in [-0.2, 0) is 6.54 Å². The summed E-state index contributed by atoms with van der Waals surface area (Å²) in [6.45, 7) is 9.70. The molecule has 0 aliphatic carbocycles. The van der Waals surface area contributed by atoms with Crippen molar-refractivity contribution in [3.8, 4) is 0 Å². The number of carbonyl (C=O) groups is 1. The second kappa shape index (κ2) is 8.52. The third kappa shape index (κ3) is 4.47. The maximum absolute atomic E-state index is 12.9. The van der Waals surface area contributed by atoms with Gasteiger partial charge in [0.1, 0.15) is 17.8 Å². The zero-order valence-electron chi connectivity index (χ0n) is 16.6. The number of piperazine rings is 1. The predicted molar refractivity (Wildman–Crippen MR) is 105 cm³/mol. The van der Waals surface area contributed by atoms with Gasteiger partial charge in [-0.15, -0.1) is 0 Å². The number of rotatable bonds is 6. The van der Waals surface area contributed by atoms with Gasteiger partial charge in [-0.25, -0.2) is 4.98 Å². The molecule has 1 aliphatic heterocycles. The van der Waals surface area contributed by atoms with Gasteiger partial charge in [0, 0.05) is 51.0 Å². The zero-order valence-corrected chi connectivity index (χ0v) is 16.6. The maximum atomic E-state index is 12.9. The highest BCUT2D eigenvalue weighted by atomic mass is 16.5. The highest BCUT2D eigenvalue weighted by Crippen LogP contribution is 2.19. The largest absolute Gasteiger partial charge is 0.364 e. The molecule has 2 aromatic heterocycles. The minimum atomic E-state index is 0.0649. The van der Waals surface area contributed by atoms with E-state index in [1.165, 1.54) is 0 Å². The standard InChI is InChI=1S/C20H29N5O2/c1-5-18-14-24(9-10-25(18)15(2)3)20(26)16-6-7-19(21-12-16)23(4)13-17-8-11-27-22-17/h6-8,11-12,15,18H,5,9-10,13-14H2,1-4H3. The monoisotopic (exact) mass is 371 g/mol. The molecule has 7 heteroatoms. The molecule has 1 fully saturated rings. The van der Waals surface area contributed by atoms with Crippen LogP contribution in [-0.4, -0.2) is 64.6 Å². The van der Waals surface area contributed by atoms with Crippen LogP contribution in [0.15, 0.2) is 35.2 Å². The molecule has 3 heterocycles. The summed E-state index contributed by atoms with van der Waals surface area (Å²) in [7, 11) is 1.94. The number of anilines is 1. The normalized spacial score (nSPS) is 18.1. The Morgan fingerprint density at radius 3 is 2.74 bits per heavy atom. The molecule has 0 saturated carbocycles. The van der Waals surface area contributed by atoms with Crippen LogP contribution in [0.25, 0.3) is 0 Å². The molecule has 0 N–H and O–H groups in total. The second-order valence-corrected chi connectivity index (χ2v) is 7.40. The number of carbonyl (C=O) groups excluding carboxylic acids is 1. The van der Waals surface area contributed by atoms with E-state index in [1.807, 2.05) is 35.0 Å². The quantitative estimate of drug-likeness (QED) is 0.778. The van der Waals surface area contributed by atoms with Gasteiger partial charge in [-0.2, -0.15) is 0 Å². The summed E-state index contributed by atoms with van der Waals surface area (Å²) in [6.07, 6.45) is 4.28. The Kier molecular flexibility index (Phi) is 6.11. The summed E-state index contributed by atoms with van der Waals surface area (Å²) in [5, 5.41) is 3.91. The van der Waals surface area contributed by atoms with E-state index in [1.54, 1.807) is 12.5 Å². The van der Waals surface area contributed by atoms with E-state index in [9.17, 15) is 4.79 Å². The van der Waals surface area contributed by atoms with E-state index < -0.39 is 0 Å². The maximum Gasteiger partial charge on any atom is 0.255 e. The summed E-state index contributed by atoms with van der Waals surface area (Å²) in [5.41, 5.74) is 1.48. The lowest BCUT2D eigenvalue weighted by Crippen LogP contribution is -2.56. The van der Waals surface area contributed by atoms with E-state index in [0.29, 0.717) is 24.2 Å². The molecule has 0 spiro atoms. The lowest BCUT2D eigenvalue weighted by Gasteiger charge is -2.43. The van der Waals surface area contributed by atoms with Crippen molar-refractivity contribution in [2.45, 2.75) is 45.8 Å². The molecule has 7 nitrogen and oxygen atoms in total. The number of hydrogen-bond acceptors (Lipinski definition) is 6. The molecule has 1 saturated heterocycles. The molecule has 1 aliphatic rings. The van der Waals surface area contributed by atoms with Crippen molar-refractivity contribution in [3.63, 3.8) is 0 Å². The van der Waals surface area contributed by atoms with Crippen LogP contribution in [0.5, 0.6) is 0 Å². The molecule has 1 atom stereocenters. The highest BCUT2D eigenvalue weighted by molar-refractivity contribution is 5.94. The topological polar surface area (TPSA) is 65.7 Å². The van der Waals surface area contributed by atoms with Crippen LogP contribution in [0, 0.1) is 0 Å². The molecule has 0 bridgehead atoms. The molecular formula is C20H29N5O2. The van der Waals surface area contributed by atoms with Gasteiger partial charge < -0.3 is 14.3 Å². The molecule has 1 amide bonds. The third-order valence-electron chi connectivity index (χ3n) is 5.23. The van der Waals surface area contributed by atoms with Crippen LogP contribution in [0.1, 0.15) is 43.2 Å². The molecule has 1 unspecified atom stereocenters. The number of hydrogen-bond donors (Lipinski definition) is 0. The predicted octanol–water partition coefficient (Wildman–Crippen LogP) is 2.65. The van der Waals surface area contributed by atoms with Gasteiger partial charge in [-0.05, 0) is 32.4 Å². The second-order valence-electron chi connectivity index (χ2n) is 7.40. The number of amides is 1. The molecule has 146 valence electrons. The van der Waals surface area contributed by atoms with Gasteiger partial charge in [0.15, 0.2) is 0 Å². The lowest BCUT2D eigenvalue weighted by atomic mass is 10.1. The van der Waals surface area contributed by atoms with Crippen molar-refractivity contribution in [2.75, 3.05) is 31.6 Å². The van der Waals surface area contributed by atoms with Crippen LogP contribution >= 0.6 is 0 Å². The minimum absolute atomic E-state index is 0.0649. The first-order chi connectivity index (χ1) is 13.0. The smallest absolute Gasteiger partial charge is 0.255 e. The van der Waals surface area contributed by atoms with Crippen molar-refractivity contribution in [1.29, 1.82) is 0 Å². The summed E-state index contributed by atoms with van der Waals surface area (Å²) in [6, 6.07) is 6.50. The van der Waals surface area contributed by atoms with Crippen LogP contribution in [0.2, 0.25) is 0 Å². The first kappa shape index (κ1) is 19.4. The molecule has 27 heavy (non-hydrogen) atoms. The summed E-state index contributed by atoms with van der Waals surface area (Å²) in [4.78, 5) is 23.8. The van der Waals surface area contributed by atoms with E-state index >= 15 is 0 Å². The lowest BCUT2D eigenvalue weighted by molar-refractivity contribution is 0.0371. The van der Waals surface area contributed by atoms with Gasteiger partial charge >= 0.3 is 0 Å². The first-order valence-electron chi connectivity index (χ1n) is 9.61. The van der Waals surface area contributed by atoms with Crippen molar-refractivity contribution in [2.24, 2.45) is 0 Å². The van der Waals surface area contributed by atoms with Crippen LogP contribution in [0.3, 0.4) is 0 Å².